The standard InChI is InChI=1S/C12H9BrFNO2S/c13-11-4-2-8(18-11)6-17-12(16)9-3-1-7(15)5-10(9)14/h1-5H,6,15H2. The van der Waals surface area contributed by atoms with Crippen LogP contribution in [0.4, 0.5) is 10.1 Å². The van der Waals surface area contributed by atoms with Crippen molar-refractivity contribution in [3.05, 3.63) is 50.4 Å². The van der Waals surface area contributed by atoms with E-state index in [0.29, 0.717) is 0 Å². The van der Waals surface area contributed by atoms with Crippen LogP contribution >= 0.6 is 27.3 Å². The van der Waals surface area contributed by atoms with Crippen molar-refractivity contribution in [2.24, 2.45) is 0 Å². The maximum absolute atomic E-state index is 13.4. The summed E-state index contributed by atoms with van der Waals surface area (Å²) in [7, 11) is 0. The zero-order chi connectivity index (χ0) is 13.1. The average Bonchev–Trinajstić information content (AvgIpc) is 2.72. The summed E-state index contributed by atoms with van der Waals surface area (Å²) in [4.78, 5) is 12.5. The normalized spacial score (nSPS) is 10.3. The van der Waals surface area contributed by atoms with Gasteiger partial charge in [0.25, 0.3) is 0 Å². The molecule has 1 aromatic carbocycles. The number of esters is 1. The predicted molar refractivity (Wildman–Crippen MR) is 72.0 cm³/mol. The number of hydrogen-bond acceptors (Lipinski definition) is 4. The summed E-state index contributed by atoms with van der Waals surface area (Å²) in [5, 5.41) is 0. The fraction of sp³-hybridized carbons (Fsp3) is 0.0833. The minimum absolute atomic E-state index is 0.111. The molecule has 6 heteroatoms. The largest absolute Gasteiger partial charge is 0.456 e. The van der Waals surface area contributed by atoms with E-state index < -0.39 is 11.8 Å². The van der Waals surface area contributed by atoms with Crippen molar-refractivity contribution in [2.45, 2.75) is 6.61 Å². The highest BCUT2D eigenvalue weighted by Gasteiger charge is 2.13. The number of rotatable bonds is 3. The van der Waals surface area contributed by atoms with Gasteiger partial charge in [0.05, 0.1) is 9.35 Å². The van der Waals surface area contributed by atoms with Gasteiger partial charge in [0, 0.05) is 10.6 Å². The first-order valence-corrected chi connectivity index (χ1v) is 6.63. The second kappa shape index (κ2) is 5.49. The van der Waals surface area contributed by atoms with Crippen molar-refractivity contribution in [2.75, 3.05) is 5.73 Å². The predicted octanol–water partition coefficient (Wildman–Crippen LogP) is 3.59. The van der Waals surface area contributed by atoms with Crippen LogP contribution in [0.25, 0.3) is 0 Å². The highest BCUT2D eigenvalue weighted by atomic mass is 79.9. The molecule has 0 aliphatic carbocycles. The Kier molecular flexibility index (Phi) is 3.98. The molecule has 0 unspecified atom stereocenters. The number of nitrogen functional groups attached to an aromatic ring is 1. The fourth-order valence-electron chi connectivity index (χ4n) is 1.34. The highest BCUT2D eigenvalue weighted by Crippen LogP contribution is 2.23. The van der Waals surface area contributed by atoms with Gasteiger partial charge in [-0.05, 0) is 46.3 Å². The molecular weight excluding hydrogens is 321 g/mol. The van der Waals surface area contributed by atoms with Gasteiger partial charge < -0.3 is 10.5 Å². The minimum atomic E-state index is -0.697. The molecule has 1 aromatic heterocycles. The molecule has 0 radical (unpaired) electrons. The number of hydrogen-bond donors (Lipinski definition) is 1. The lowest BCUT2D eigenvalue weighted by Crippen LogP contribution is -2.07. The summed E-state index contributed by atoms with van der Waals surface area (Å²) in [5.41, 5.74) is 5.56. The Morgan fingerprint density at radius 2 is 2.17 bits per heavy atom. The molecule has 0 spiro atoms. The number of carbonyl (C=O) groups is 1. The number of benzene rings is 1. The van der Waals surface area contributed by atoms with Crippen LogP contribution in [0.15, 0.2) is 34.1 Å². The second-order valence-corrected chi connectivity index (χ2v) is 6.07. The number of thiophene rings is 1. The van der Waals surface area contributed by atoms with Gasteiger partial charge in [0.1, 0.15) is 12.4 Å². The average molecular weight is 330 g/mol. The van der Waals surface area contributed by atoms with Gasteiger partial charge in [0.15, 0.2) is 0 Å². The zero-order valence-electron chi connectivity index (χ0n) is 9.15. The first kappa shape index (κ1) is 13.0. The summed E-state index contributed by atoms with van der Waals surface area (Å²) in [6, 6.07) is 7.57. The molecule has 0 saturated heterocycles. The van der Waals surface area contributed by atoms with E-state index in [-0.39, 0.29) is 17.9 Å². The van der Waals surface area contributed by atoms with Crippen LogP contribution < -0.4 is 5.73 Å². The van der Waals surface area contributed by atoms with Crippen molar-refractivity contribution in [3.63, 3.8) is 0 Å². The van der Waals surface area contributed by atoms with Gasteiger partial charge in [-0.25, -0.2) is 9.18 Å². The molecule has 0 saturated carbocycles. The van der Waals surface area contributed by atoms with Crippen molar-refractivity contribution < 1.29 is 13.9 Å². The number of ether oxygens (including phenoxy) is 1. The second-order valence-electron chi connectivity index (χ2n) is 3.52. The monoisotopic (exact) mass is 329 g/mol. The molecule has 3 nitrogen and oxygen atoms in total. The van der Waals surface area contributed by atoms with Crippen LogP contribution in [0.1, 0.15) is 15.2 Å². The summed E-state index contributed by atoms with van der Waals surface area (Å²) in [5.74, 6) is -1.37. The number of carbonyl (C=O) groups excluding carboxylic acids is 1. The van der Waals surface area contributed by atoms with Gasteiger partial charge in [-0.1, -0.05) is 0 Å². The summed E-state index contributed by atoms with van der Waals surface area (Å²) in [6.45, 7) is 0.124. The van der Waals surface area contributed by atoms with Gasteiger partial charge in [-0.3, -0.25) is 0 Å². The third-order valence-corrected chi connectivity index (χ3v) is 3.78. The molecule has 0 atom stereocenters. The van der Waals surface area contributed by atoms with E-state index in [1.165, 1.54) is 23.5 Å². The van der Waals surface area contributed by atoms with E-state index in [1.54, 1.807) is 0 Å². The van der Waals surface area contributed by atoms with Crippen LogP contribution in [0.2, 0.25) is 0 Å². The van der Waals surface area contributed by atoms with Crippen molar-refractivity contribution >= 4 is 38.9 Å². The lowest BCUT2D eigenvalue weighted by molar-refractivity contribution is 0.0471. The van der Waals surface area contributed by atoms with Crippen LogP contribution in [0.3, 0.4) is 0 Å². The molecule has 0 fully saturated rings. The third kappa shape index (κ3) is 3.08. The van der Waals surface area contributed by atoms with Crippen molar-refractivity contribution in [1.29, 1.82) is 0 Å². The molecule has 2 aromatic rings. The van der Waals surface area contributed by atoms with Crippen LogP contribution in [-0.2, 0) is 11.3 Å². The fourth-order valence-corrected chi connectivity index (χ4v) is 2.74. The number of halogens is 2. The van der Waals surface area contributed by atoms with Crippen LogP contribution in [-0.4, -0.2) is 5.97 Å². The molecule has 0 aliphatic heterocycles. The zero-order valence-corrected chi connectivity index (χ0v) is 11.6. The molecule has 1 heterocycles. The summed E-state index contributed by atoms with van der Waals surface area (Å²) in [6.07, 6.45) is 0. The molecule has 94 valence electrons. The molecular formula is C12H9BrFNO2S. The first-order valence-electron chi connectivity index (χ1n) is 5.02. The lowest BCUT2D eigenvalue weighted by atomic mass is 10.2. The molecule has 2 rings (SSSR count). The lowest BCUT2D eigenvalue weighted by Gasteiger charge is -2.04. The number of anilines is 1. The Morgan fingerprint density at radius 3 is 2.78 bits per heavy atom. The van der Waals surface area contributed by atoms with E-state index >= 15 is 0 Å². The highest BCUT2D eigenvalue weighted by molar-refractivity contribution is 9.11. The Morgan fingerprint density at radius 1 is 1.39 bits per heavy atom. The third-order valence-electron chi connectivity index (χ3n) is 2.19. The molecule has 18 heavy (non-hydrogen) atoms. The summed E-state index contributed by atoms with van der Waals surface area (Å²) >= 11 is 4.77. The minimum Gasteiger partial charge on any atom is -0.456 e. The van der Waals surface area contributed by atoms with E-state index in [1.807, 2.05) is 12.1 Å². The van der Waals surface area contributed by atoms with Gasteiger partial charge >= 0.3 is 5.97 Å². The Hall–Kier alpha value is -1.40. The molecule has 0 bridgehead atoms. The van der Waals surface area contributed by atoms with E-state index in [4.69, 9.17) is 10.5 Å². The smallest absolute Gasteiger partial charge is 0.341 e. The van der Waals surface area contributed by atoms with Gasteiger partial charge in [0.2, 0.25) is 0 Å². The Labute approximate surface area is 116 Å². The van der Waals surface area contributed by atoms with Crippen LogP contribution in [0.5, 0.6) is 0 Å². The topological polar surface area (TPSA) is 52.3 Å². The van der Waals surface area contributed by atoms with E-state index in [9.17, 15) is 9.18 Å². The molecule has 0 amide bonds. The van der Waals surface area contributed by atoms with Crippen LogP contribution in [0, 0.1) is 5.82 Å². The molecule has 0 aliphatic rings. The van der Waals surface area contributed by atoms with Gasteiger partial charge in [-0.15, -0.1) is 11.3 Å². The molecule has 2 N–H and O–H groups in total. The summed E-state index contributed by atoms with van der Waals surface area (Å²) < 4.78 is 19.4. The van der Waals surface area contributed by atoms with E-state index in [0.717, 1.165) is 14.7 Å². The Bertz CT molecular complexity index is 585. The number of nitrogens with two attached hydrogens (primary N) is 1. The Balaban J connectivity index is 2.03. The SMILES string of the molecule is Nc1ccc(C(=O)OCc2ccc(Br)s2)c(F)c1. The van der Waals surface area contributed by atoms with E-state index in [2.05, 4.69) is 15.9 Å². The maximum Gasteiger partial charge on any atom is 0.341 e. The maximum atomic E-state index is 13.4. The van der Waals surface area contributed by atoms with Crippen molar-refractivity contribution in [3.8, 4) is 0 Å². The van der Waals surface area contributed by atoms with Crippen molar-refractivity contribution in [1.82, 2.24) is 0 Å². The quantitative estimate of drug-likeness (QED) is 0.691. The first-order chi connectivity index (χ1) is 8.56. The van der Waals surface area contributed by atoms with Gasteiger partial charge in [-0.2, -0.15) is 0 Å².